The van der Waals surface area contributed by atoms with Crippen molar-refractivity contribution in [2.24, 2.45) is 0 Å². The first-order valence-electron chi connectivity index (χ1n) is 14.5. The van der Waals surface area contributed by atoms with Crippen LogP contribution < -0.4 is 10.7 Å². The summed E-state index contributed by atoms with van der Waals surface area (Å²) in [5.74, 6) is 0.571. The summed E-state index contributed by atoms with van der Waals surface area (Å²) >= 11 is -3.71. The molecule has 0 unspecified atom stereocenters. The van der Waals surface area contributed by atoms with Crippen molar-refractivity contribution in [3.8, 4) is 0 Å². The third-order valence-electron chi connectivity index (χ3n) is 7.55. The first-order valence-corrected chi connectivity index (χ1v) is 20.4. The summed E-state index contributed by atoms with van der Waals surface area (Å²) in [5, 5.41) is 0. The average Bonchev–Trinajstić information content (AvgIpc) is 2.98. The molecule has 0 radical (unpaired) electrons. The topological polar surface area (TPSA) is 29.5 Å². The van der Waals surface area contributed by atoms with Crippen LogP contribution in [0.25, 0.3) is 6.08 Å². The van der Waals surface area contributed by atoms with Crippen molar-refractivity contribution in [3.63, 3.8) is 0 Å². The number of hydrogen-bond donors (Lipinski definition) is 0. The molecule has 3 nitrogen and oxygen atoms in total. The van der Waals surface area contributed by atoms with Gasteiger partial charge in [0, 0.05) is 0 Å². The van der Waals surface area contributed by atoms with Gasteiger partial charge in [-0.1, -0.05) is 0 Å². The maximum absolute atomic E-state index is 13.5. The Labute approximate surface area is 250 Å². The van der Waals surface area contributed by atoms with Crippen molar-refractivity contribution < 1.29 is 9.53 Å². The first kappa shape index (κ1) is 30.4. The van der Waals surface area contributed by atoms with Crippen molar-refractivity contribution in [1.82, 2.24) is 4.90 Å². The third kappa shape index (κ3) is 7.20. The average molecular weight is 650 g/mol. The van der Waals surface area contributed by atoms with Gasteiger partial charge in [-0.3, -0.25) is 0 Å². The summed E-state index contributed by atoms with van der Waals surface area (Å²) in [6, 6.07) is 43.0. The molecular formula is C37H41NO2Sn. The summed E-state index contributed by atoms with van der Waals surface area (Å²) in [4.78, 5) is 15.3. The molecule has 0 aliphatic heterocycles. The van der Waals surface area contributed by atoms with Crippen molar-refractivity contribution in [2.45, 2.75) is 50.6 Å². The Morgan fingerprint density at radius 3 is 1.41 bits per heavy atom. The van der Waals surface area contributed by atoms with Gasteiger partial charge in [-0.25, -0.2) is 0 Å². The van der Waals surface area contributed by atoms with Crippen LogP contribution in [0.2, 0.25) is 3.93 Å². The molecule has 41 heavy (non-hydrogen) atoms. The number of ether oxygens (including phenoxy) is 1. The van der Waals surface area contributed by atoms with Crippen LogP contribution in [-0.2, 0) is 4.74 Å². The molecular weight excluding hydrogens is 609 g/mol. The summed E-state index contributed by atoms with van der Waals surface area (Å²) in [7, 11) is 0. The predicted molar refractivity (Wildman–Crippen MR) is 176 cm³/mol. The Kier molecular flexibility index (Phi) is 10.6. The number of carbonyl (C=O) groups is 1. The van der Waals surface area contributed by atoms with E-state index in [2.05, 4.69) is 116 Å². The van der Waals surface area contributed by atoms with E-state index in [1.165, 1.54) is 10.7 Å². The molecule has 0 saturated carbocycles. The minimum atomic E-state index is -3.71. The minimum absolute atomic E-state index is 0.0236. The fraction of sp³-hybridized carbons (Fsp3) is 0.216. The number of amides is 1. The Hall–Kier alpha value is -3.57. The third-order valence-corrected chi connectivity index (χ3v) is 22.6. The van der Waals surface area contributed by atoms with Crippen LogP contribution in [0.5, 0.6) is 0 Å². The fourth-order valence-corrected chi connectivity index (χ4v) is 20.5. The summed E-state index contributed by atoms with van der Waals surface area (Å²) in [5.41, 5.74) is 1.05. The van der Waals surface area contributed by atoms with Gasteiger partial charge in [0.1, 0.15) is 0 Å². The molecule has 0 saturated heterocycles. The first-order chi connectivity index (χ1) is 19.8. The van der Waals surface area contributed by atoms with Gasteiger partial charge in [-0.05, 0) is 0 Å². The molecule has 210 valence electrons. The van der Waals surface area contributed by atoms with E-state index < -0.39 is 18.4 Å². The van der Waals surface area contributed by atoms with Crippen LogP contribution in [0.1, 0.15) is 40.2 Å². The van der Waals surface area contributed by atoms with Crippen molar-refractivity contribution in [2.75, 3.05) is 0 Å². The van der Waals surface area contributed by atoms with E-state index in [0.29, 0.717) is 5.76 Å². The summed E-state index contributed by atoms with van der Waals surface area (Å²) in [6.45, 7) is 10.4. The standard InChI is InChI=1S/C19H26NO2.3C6H5.Sn/c1-6-10-18(14-13-17-11-8-7-9-12-17)22-19(21)20(15(2)3)16(4)5;3*1-2-4-6-5-3-1;/h6-16H,1-5H3;3*1-5H;/b14-13+,18-10-;;;;. The molecule has 1 amide bonds. The quantitative estimate of drug-likeness (QED) is 0.102. The molecule has 4 rings (SSSR count). The van der Waals surface area contributed by atoms with Crippen molar-refractivity contribution >= 4 is 41.3 Å². The van der Waals surface area contributed by atoms with Gasteiger partial charge < -0.3 is 0 Å². The zero-order chi connectivity index (χ0) is 29.2. The fourth-order valence-electron chi connectivity index (χ4n) is 5.80. The SMILES string of the molecule is CC(C)N(C(=O)OC(=C\[C@H](C)[Sn]([c]1ccccc1)([c]1ccccc1)[c]1ccccc1)/C=C/c1ccccc1)C(C)C. The van der Waals surface area contributed by atoms with Gasteiger partial charge in [-0.15, -0.1) is 0 Å². The number of carbonyl (C=O) groups excluding carboxylic acids is 1. The van der Waals surface area contributed by atoms with Gasteiger partial charge in [0.2, 0.25) is 0 Å². The van der Waals surface area contributed by atoms with E-state index >= 15 is 0 Å². The van der Waals surface area contributed by atoms with Crippen LogP contribution >= 0.6 is 0 Å². The molecule has 0 heterocycles. The van der Waals surface area contributed by atoms with Gasteiger partial charge in [0.15, 0.2) is 0 Å². The second-order valence-electron chi connectivity index (χ2n) is 11.0. The molecule has 0 spiro atoms. The number of benzene rings is 4. The molecule has 4 heteroatoms. The van der Waals surface area contributed by atoms with E-state index in [-0.39, 0.29) is 22.1 Å². The van der Waals surface area contributed by atoms with E-state index in [4.69, 9.17) is 4.74 Å². The number of rotatable bonds is 10. The van der Waals surface area contributed by atoms with Crippen molar-refractivity contribution in [3.05, 3.63) is 145 Å². The molecule has 0 fully saturated rings. The molecule has 0 aliphatic carbocycles. The molecule has 4 aromatic rings. The van der Waals surface area contributed by atoms with E-state index in [1.807, 2.05) is 58.0 Å². The van der Waals surface area contributed by atoms with E-state index in [0.717, 1.165) is 5.56 Å². The Bertz CT molecular complexity index is 1330. The van der Waals surface area contributed by atoms with Crippen LogP contribution in [0.15, 0.2) is 139 Å². The van der Waals surface area contributed by atoms with Gasteiger partial charge in [0.25, 0.3) is 0 Å². The van der Waals surface area contributed by atoms with Crippen LogP contribution in [0.4, 0.5) is 4.79 Å². The summed E-state index contributed by atoms with van der Waals surface area (Å²) < 4.78 is 10.5. The molecule has 1 atom stereocenters. The normalized spacial score (nSPS) is 13.0. The molecule has 0 bridgehead atoms. The van der Waals surface area contributed by atoms with Crippen molar-refractivity contribution in [1.29, 1.82) is 0 Å². The second kappa shape index (κ2) is 14.4. The second-order valence-corrected chi connectivity index (χ2v) is 23.1. The number of nitrogens with zero attached hydrogens (tertiary/aromatic N) is 1. The van der Waals surface area contributed by atoms with E-state index in [9.17, 15) is 4.79 Å². The van der Waals surface area contributed by atoms with Gasteiger partial charge in [0.05, 0.1) is 0 Å². The van der Waals surface area contributed by atoms with Crippen LogP contribution in [0.3, 0.4) is 0 Å². The Morgan fingerprint density at radius 2 is 1.02 bits per heavy atom. The zero-order valence-corrected chi connectivity index (χ0v) is 27.6. The van der Waals surface area contributed by atoms with Crippen LogP contribution in [-0.4, -0.2) is 41.5 Å². The molecule has 4 aromatic carbocycles. The Morgan fingerprint density at radius 1 is 0.634 bits per heavy atom. The summed E-state index contributed by atoms with van der Waals surface area (Å²) in [6.07, 6.45) is 5.83. The van der Waals surface area contributed by atoms with Gasteiger partial charge in [-0.2, -0.15) is 0 Å². The van der Waals surface area contributed by atoms with Crippen LogP contribution in [0, 0.1) is 0 Å². The maximum atomic E-state index is 13.5. The molecule has 0 N–H and O–H groups in total. The van der Waals surface area contributed by atoms with E-state index in [1.54, 1.807) is 4.90 Å². The Balaban J connectivity index is 1.90. The number of allylic oxidation sites excluding steroid dienone is 2. The van der Waals surface area contributed by atoms with Gasteiger partial charge >= 0.3 is 251 Å². The predicted octanol–water partition coefficient (Wildman–Crippen LogP) is 7.40. The zero-order valence-electron chi connectivity index (χ0n) is 24.8. The molecule has 0 aromatic heterocycles. The monoisotopic (exact) mass is 651 g/mol. The number of hydrogen-bond acceptors (Lipinski definition) is 2. The molecule has 0 aliphatic rings.